The Morgan fingerprint density at radius 2 is 1.42 bits per heavy atom. The summed E-state index contributed by atoms with van der Waals surface area (Å²) in [5.41, 5.74) is 5.43. The predicted octanol–water partition coefficient (Wildman–Crippen LogP) is 5.02. The zero-order chi connectivity index (χ0) is 28.7. The highest BCUT2D eigenvalue weighted by molar-refractivity contribution is 5.81. The molecule has 0 amide bonds. The average molecular weight is 538 g/mol. The zero-order valence-corrected chi connectivity index (χ0v) is 23.5. The van der Waals surface area contributed by atoms with Crippen LogP contribution in [0, 0.1) is 0 Å². The molecule has 214 valence electrons. The van der Waals surface area contributed by atoms with Gasteiger partial charge in [-0.3, -0.25) is 14.4 Å². The van der Waals surface area contributed by atoms with Crippen LogP contribution >= 0.6 is 0 Å². The number of carbonyl (C=O) groups is 4. The van der Waals surface area contributed by atoms with Gasteiger partial charge in [-0.1, -0.05) is 39.7 Å². The molecule has 0 aromatic heterocycles. The summed E-state index contributed by atoms with van der Waals surface area (Å²) < 4.78 is 26.3. The van der Waals surface area contributed by atoms with E-state index < -0.39 is 35.7 Å². The molecule has 0 aliphatic heterocycles. The van der Waals surface area contributed by atoms with Crippen LogP contribution < -0.4 is 15.2 Å². The van der Waals surface area contributed by atoms with Gasteiger partial charge in [-0.15, -0.1) is 0 Å². The van der Waals surface area contributed by atoms with E-state index in [-0.39, 0.29) is 43.3 Å². The van der Waals surface area contributed by atoms with Gasteiger partial charge in [0.1, 0.15) is 17.7 Å². The van der Waals surface area contributed by atoms with E-state index in [1.54, 1.807) is 19.9 Å². The molecular weight excluding hydrogens is 494 g/mol. The van der Waals surface area contributed by atoms with Crippen molar-refractivity contribution < 1.29 is 42.9 Å². The van der Waals surface area contributed by atoms with Gasteiger partial charge in [0.15, 0.2) is 11.5 Å². The van der Waals surface area contributed by atoms with Crippen LogP contribution in [0.25, 0.3) is 0 Å². The largest absolute Gasteiger partial charge is 0.508 e. The first-order valence-electron chi connectivity index (χ1n) is 13.3. The number of hydrogen-bond donors (Lipinski definition) is 1. The maximum absolute atomic E-state index is 12.7. The second kappa shape index (κ2) is 16.7. The highest BCUT2D eigenvalue weighted by atomic mass is 16.7. The van der Waals surface area contributed by atoms with E-state index in [0.29, 0.717) is 24.8 Å². The van der Waals surface area contributed by atoms with Crippen molar-refractivity contribution in [3.63, 3.8) is 0 Å². The van der Waals surface area contributed by atoms with Gasteiger partial charge in [-0.2, -0.15) is 0 Å². The molecule has 0 fully saturated rings. The molecule has 38 heavy (non-hydrogen) atoms. The van der Waals surface area contributed by atoms with Gasteiger partial charge in [0.25, 0.3) is 0 Å². The van der Waals surface area contributed by atoms with Crippen molar-refractivity contribution in [2.75, 3.05) is 7.11 Å². The molecule has 0 heterocycles. The van der Waals surface area contributed by atoms with Crippen LogP contribution in [0.3, 0.4) is 0 Å². The van der Waals surface area contributed by atoms with E-state index in [2.05, 4.69) is 0 Å². The number of rotatable bonds is 16. The standard InChI is InChI=1S/C28H43NO9/c1-7-10-12-24(30)37-22-15-14-21(16-23(22)38-25(31)13-11-8-2)18-28(29,26(32)34-6)17-20(5)36-27(33)35-19(4)9-3/h14-16,19-20H,7-13,17-18,29H2,1-6H3/t19-,20-,28?/m0/s1. The molecular formula is C28H43NO9. The fraction of sp³-hybridized carbons (Fsp3) is 0.643. The van der Waals surface area contributed by atoms with E-state index in [1.165, 1.54) is 19.2 Å². The first-order chi connectivity index (χ1) is 18.0. The predicted molar refractivity (Wildman–Crippen MR) is 141 cm³/mol. The topological polar surface area (TPSA) is 140 Å². The van der Waals surface area contributed by atoms with Gasteiger partial charge in [0.05, 0.1) is 7.11 Å². The minimum atomic E-state index is -1.58. The molecule has 0 spiro atoms. The summed E-state index contributed by atoms with van der Waals surface area (Å²) in [6.07, 6.45) is 2.00. The van der Waals surface area contributed by atoms with Crippen molar-refractivity contribution in [3.05, 3.63) is 23.8 Å². The highest BCUT2D eigenvalue weighted by Gasteiger charge is 2.38. The molecule has 3 atom stereocenters. The summed E-state index contributed by atoms with van der Waals surface area (Å²) in [7, 11) is 1.21. The van der Waals surface area contributed by atoms with Crippen LogP contribution in [0.5, 0.6) is 11.5 Å². The molecule has 10 heteroatoms. The molecule has 0 bridgehead atoms. The number of esters is 3. The fourth-order valence-electron chi connectivity index (χ4n) is 3.61. The Morgan fingerprint density at radius 1 is 0.868 bits per heavy atom. The number of hydrogen-bond acceptors (Lipinski definition) is 10. The third-order valence-corrected chi connectivity index (χ3v) is 5.86. The number of unbranched alkanes of at least 4 members (excludes halogenated alkanes) is 2. The third-order valence-electron chi connectivity index (χ3n) is 5.86. The van der Waals surface area contributed by atoms with Crippen molar-refractivity contribution in [1.29, 1.82) is 0 Å². The van der Waals surface area contributed by atoms with Crippen molar-refractivity contribution in [3.8, 4) is 11.5 Å². The molecule has 0 radical (unpaired) electrons. The Bertz CT molecular complexity index is 933. The lowest BCUT2D eigenvalue weighted by Crippen LogP contribution is -2.53. The second-order valence-corrected chi connectivity index (χ2v) is 9.48. The van der Waals surface area contributed by atoms with E-state index in [1.807, 2.05) is 20.8 Å². The Hall–Kier alpha value is -3.14. The summed E-state index contributed by atoms with van der Waals surface area (Å²) in [4.78, 5) is 49.3. The number of carbonyl (C=O) groups excluding carboxylic acids is 4. The van der Waals surface area contributed by atoms with Crippen molar-refractivity contribution in [1.82, 2.24) is 0 Å². The van der Waals surface area contributed by atoms with E-state index >= 15 is 0 Å². The molecule has 0 saturated carbocycles. The van der Waals surface area contributed by atoms with Gasteiger partial charge in [-0.05, 0) is 50.8 Å². The first kappa shape index (κ1) is 32.9. The minimum Gasteiger partial charge on any atom is -0.468 e. The smallest absolute Gasteiger partial charge is 0.468 e. The number of methoxy groups -OCH3 is 1. The SMILES string of the molecule is CCCCC(=O)Oc1ccc(CC(N)(C[C@H](C)OC(=O)O[C@@H](C)CC)C(=O)OC)cc1OC(=O)CCCC. The molecule has 0 aliphatic carbocycles. The van der Waals surface area contributed by atoms with Crippen LogP contribution in [0.1, 0.15) is 91.5 Å². The molecule has 0 aliphatic rings. The lowest BCUT2D eigenvalue weighted by atomic mass is 9.86. The Balaban J connectivity index is 3.17. The van der Waals surface area contributed by atoms with E-state index in [4.69, 9.17) is 29.4 Å². The van der Waals surface area contributed by atoms with Crippen LogP contribution in [-0.4, -0.2) is 48.9 Å². The fourth-order valence-corrected chi connectivity index (χ4v) is 3.61. The molecule has 2 N–H and O–H groups in total. The van der Waals surface area contributed by atoms with Gasteiger partial charge < -0.3 is 29.4 Å². The van der Waals surface area contributed by atoms with E-state index in [0.717, 1.165) is 12.8 Å². The van der Waals surface area contributed by atoms with Crippen molar-refractivity contribution in [2.45, 2.75) is 110 Å². The van der Waals surface area contributed by atoms with Gasteiger partial charge in [-0.25, -0.2) is 4.79 Å². The van der Waals surface area contributed by atoms with Crippen molar-refractivity contribution >= 4 is 24.1 Å². The normalized spacial score (nSPS) is 14.0. The number of ether oxygens (including phenoxy) is 5. The summed E-state index contributed by atoms with van der Waals surface area (Å²) in [6.45, 7) is 9.13. The summed E-state index contributed by atoms with van der Waals surface area (Å²) >= 11 is 0. The quantitative estimate of drug-likeness (QED) is 0.226. The second-order valence-electron chi connectivity index (χ2n) is 9.48. The number of nitrogens with two attached hydrogens (primary N) is 1. The molecule has 1 unspecified atom stereocenters. The maximum Gasteiger partial charge on any atom is 0.508 e. The zero-order valence-electron chi connectivity index (χ0n) is 23.5. The Kier molecular flexibility index (Phi) is 14.4. The first-order valence-corrected chi connectivity index (χ1v) is 13.3. The van der Waals surface area contributed by atoms with Gasteiger partial charge >= 0.3 is 24.1 Å². The van der Waals surface area contributed by atoms with Crippen LogP contribution in [0.2, 0.25) is 0 Å². The Morgan fingerprint density at radius 3 is 1.95 bits per heavy atom. The summed E-state index contributed by atoms with van der Waals surface area (Å²) in [5, 5.41) is 0. The van der Waals surface area contributed by atoms with Gasteiger partial charge in [0, 0.05) is 25.7 Å². The van der Waals surface area contributed by atoms with Gasteiger partial charge in [0.2, 0.25) is 0 Å². The molecule has 0 saturated heterocycles. The maximum atomic E-state index is 12.7. The third kappa shape index (κ3) is 11.5. The summed E-state index contributed by atoms with van der Waals surface area (Å²) in [5.74, 6) is -1.46. The van der Waals surface area contributed by atoms with Crippen LogP contribution in [-0.2, 0) is 35.0 Å². The monoisotopic (exact) mass is 537 g/mol. The van der Waals surface area contributed by atoms with Crippen LogP contribution in [0.4, 0.5) is 4.79 Å². The number of benzene rings is 1. The molecule has 1 aromatic rings. The van der Waals surface area contributed by atoms with Crippen molar-refractivity contribution in [2.24, 2.45) is 5.73 Å². The average Bonchev–Trinajstić information content (AvgIpc) is 2.86. The summed E-state index contributed by atoms with van der Waals surface area (Å²) in [6, 6.07) is 4.64. The molecule has 1 aromatic carbocycles. The minimum absolute atomic E-state index is 0.0304. The molecule has 10 nitrogen and oxygen atoms in total. The van der Waals surface area contributed by atoms with Crippen LogP contribution in [0.15, 0.2) is 18.2 Å². The Labute approximate surface area is 225 Å². The lowest BCUT2D eigenvalue weighted by Gasteiger charge is -2.29. The lowest BCUT2D eigenvalue weighted by molar-refractivity contribution is -0.148. The highest BCUT2D eigenvalue weighted by Crippen LogP contribution is 2.32. The van der Waals surface area contributed by atoms with E-state index in [9.17, 15) is 19.2 Å². The molecule has 1 rings (SSSR count).